The van der Waals surface area contributed by atoms with E-state index < -0.39 is 5.60 Å². The van der Waals surface area contributed by atoms with Gasteiger partial charge in [0.25, 0.3) is 0 Å². The van der Waals surface area contributed by atoms with E-state index in [0.29, 0.717) is 6.54 Å². The zero-order valence-corrected chi connectivity index (χ0v) is 13.5. The van der Waals surface area contributed by atoms with E-state index >= 15 is 0 Å². The van der Waals surface area contributed by atoms with Crippen LogP contribution in [0.2, 0.25) is 0 Å². The fourth-order valence-corrected chi connectivity index (χ4v) is 4.27. The predicted molar refractivity (Wildman–Crippen MR) is 89.0 cm³/mol. The standard InChI is InChI=1S/C19H24N2O2/c1-14-19(10-5-2-6-11-19)23-18(22)21(14)13-17-16-8-4-3-7-15(16)9-12-20-17/h3-4,7-8,17,20H,1-2,5-6,9-13H2. The SMILES string of the molecule is C=C1N(CC2NCCc3ccccc32)C(=O)OC12CCCCC2. The first-order valence-electron chi connectivity index (χ1n) is 8.71. The van der Waals surface area contributed by atoms with Crippen molar-refractivity contribution in [3.63, 3.8) is 0 Å². The smallest absolute Gasteiger partial charge is 0.415 e. The number of benzene rings is 1. The molecule has 1 aromatic rings. The summed E-state index contributed by atoms with van der Waals surface area (Å²) in [6, 6.07) is 8.65. The van der Waals surface area contributed by atoms with Crippen molar-refractivity contribution in [2.24, 2.45) is 0 Å². The molecule has 2 heterocycles. The summed E-state index contributed by atoms with van der Waals surface area (Å²) in [4.78, 5) is 14.2. The van der Waals surface area contributed by atoms with Crippen LogP contribution in [0.1, 0.15) is 49.3 Å². The monoisotopic (exact) mass is 312 g/mol. The third-order valence-electron chi connectivity index (χ3n) is 5.60. The van der Waals surface area contributed by atoms with E-state index in [1.54, 1.807) is 4.90 Å². The Labute approximate surface area is 137 Å². The van der Waals surface area contributed by atoms with Gasteiger partial charge in [0.05, 0.1) is 11.7 Å². The Bertz CT molecular complexity index is 634. The number of nitrogens with zero attached hydrogens (tertiary/aromatic N) is 1. The van der Waals surface area contributed by atoms with Gasteiger partial charge in [0, 0.05) is 6.54 Å². The molecule has 4 rings (SSSR count). The first-order valence-corrected chi connectivity index (χ1v) is 8.71. The molecule has 1 amide bonds. The lowest BCUT2D eigenvalue weighted by Gasteiger charge is -2.33. The van der Waals surface area contributed by atoms with Crippen molar-refractivity contribution in [3.05, 3.63) is 47.7 Å². The average Bonchev–Trinajstić information content (AvgIpc) is 2.80. The van der Waals surface area contributed by atoms with Gasteiger partial charge in [0.15, 0.2) is 5.60 Å². The van der Waals surface area contributed by atoms with Crippen molar-refractivity contribution in [3.8, 4) is 0 Å². The summed E-state index contributed by atoms with van der Waals surface area (Å²) in [5.41, 5.74) is 3.11. The van der Waals surface area contributed by atoms with E-state index in [9.17, 15) is 4.79 Å². The van der Waals surface area contributed by atoms with Crippen molar-refractivity contribution in [1.29, 1.82) is 0 Å². The Kier molecular flexibility index (Phi) is 3.64. The van der Waals surface area contributed by atoms with Crippen LogP contribution < -0.4 is 5.32 Å². The summed E-state index contributed by atoms with van der Waals surface area (Å²) in [5.74, 6) is 0. The zero-order valence-electron chi connectivity index (χ0n) is 13.5. The largest absolute Gasteiger partial charge is 0.436 e. The van der Waals surface area contributed by atoms with Gasteiger partial charge in [-0.05, 0) is 49.8 Å². The van der Waals surface area contributed by atoms with Crippen LogP contribution in [0.15, 0.2) is 36.5 Å². The lowest BCUT2D eigenvalue weighted by Crippen LogP contribution is -2.40. The van der Waals surface area contributed by atoms with E-state index in [0.717, 1.165) is 44.3 Å². The molecule has 1 atom stereocenters. The Hall–Kier alpha value is -1.81. The summed E-state index contributed by atoms with van der Waals surface area (Å²) in [6.45, 7) is 5.79. The molecule has 0 aromatic heterocycles. The average molecular weight is 312 g/mol. The second-order valence-electron chi connectivity index (χ2n) is 6.94. The molecule has 4 nitrogen and oxygen atoms in total. The number of carbonyl (C=O) groups is 1. The molecule has 23 heavy (non-hydrogen) atoms. The van der Waals surface area contributed by atoms with Gasteiger partial charge in [-0.25, -0.2) is 4.79 Å². The first kappa shape index (κ1) is 14.8. The summed E-state index contributed by atoms with van der Waals surface area (Å²) in [7, 11) is 0. The topological polar surface area (TPSA) is 41.6 Å². The van der Waals surface area contributed by atoms with E-state index in [1.807, 2.05) is 0 Å². The molecule has 2 aliphatic heterocycles. The highest BCUT2D eigenvalue weighted by Crippen LogP contribution is 2.44. The highest BCUT2D eigenvalue weighted by Gasteiger charge is 2.49. The van der Waals surface area contributed by atoms with Crippen molar-refractivity contribution in [1.82, 2.24) is 10.2 Å². The molecule has 1 saturated carbocycles. The minimum absolute atomic E-state index is 0.156. The summed E-state index contributed by atoms with van der Waals surface area (Å²) in [6.07, 6.45) is 6.12. The highest BCUT2D eigenvalue weighted by atomic mass is 16.6. The van der Waals surface area contributed by atoms with Crippen LogP contribution in [0.4, 0.5) is 4.79 Å². The van der Waals surface area contributed by atoms with Gasteiger partial charge in [-0.1, -0.05) is 37.3 Å². The quantitative estimate of drug-likeness (QED) is 0.908. The van der Waals surface area contributed by atoms with E-state index in [4.69, 9.17) is 4.74 Å². The normalized spacial score (nSPS) is 26.3. The van der Waals surface area contributed by atoms with Gasteiger partial charge in [-0.3, -0.25) is 4.90 Å². The number of ether oxygens (including phenoxy) is 1. The van der Waals surface area contributed by atoms with Gasteiger partial charge < -0.3 is 10.1 Å². The molecule has 1 spiro atoms. The molecular formula is C19H24N2O2. The van der Waals surface area contributed by atoms with Gasteiger partial charge in [0.2, 0.25) is 0 Å². The van der Waals surface area contributed by atoms with Crippen molar-refractivity contribution >= 4 is 6.09 Å². The molecule has 1 aromatic carbocycles. The number of nitrogens with one attached hydrogen (secondary N) is 1. The summed E-state index contributed by atoms with van der Waals surface area (Å²) >= 11 is 0. The maximum atomic E-state index is 12.5. The number of hydrogen-bond acceptors (Lipinski definition) is 3. The van der Waals surface area contributed by atoms with E-state index in [-0.39, 0.29) is 12.1 Å². The van der Waals surface area contributed by atoms with Crippen LogP contribution in [-0.4, -0.2) is 29.7 Å². The van der Waals surface area contributed by atoms with Crippen molar-refractivity contribution < 1.29 is 9.53 Å². The number of fused-ring (bicyclic) bond motifs is 1. The van der Waals surface area contributed by atoms with Crippen LogP contribution in [0.3, 0.4) is 0 Å². The summed E-state index contributed by atoms with van der Waals surface area (Å²) < 4.78 is 5.80. The third-order valence-corrected chi connectivity index (χ3v) is 5.60. The Morgan fingerprint density at radius 1 is 1.26 bits per heavy atom. The molecule has 0 bridgehead atoms. The molecule has 122 valence electrons. The maximum Gasteiger partial charge on any atom is 0.415 e. The summed E-state index contributed by atoms with van der Waals surface area (Å²) in [5, 5.41) is 3.54. The maximum absolute atomic E-state index is 12.5. The Morgan fingerprint density at radius 2 is 2.04 bits per heavy atom. The molecule has 1 N–H and O–H groups in total. The molecule has 3 aliphatic rings. The van der Waals surface area contributed by atoms with Crippen LogP contribution in [-0.2, 0) is 11.2 Å². The second kappa shape index (κ2) is 5.68. The minimum atomic E-state index is -0.427. The van der Waals surface area contributed by atoms with Crippen molar-refractivity contribution in [2.75, 3.05) is 13.1 Å². The van der Waals surface area contributed by atoms with Gasteiger partial charge in [0.1, 0.15) is 0 Å². The Balaban J connectivity index is 1.55. The van der Waals surface area contributed by atoms with Crippen LogP contribution in [0, 0.1) is 0 Å². The lowest BCUT2D eigenvalue weighted by atomic mass is 9.82. The Morgan fingerprint density at radius 3 is 2.87 bits per heavy atom. The minimum Gasteiger partial charge on any atom is -0.436 e. The van der Waals surface area contributed by atoms with E-state index in [2.05, 4.69) is 36.2 Å². The van der Waals surface area contributed by atoms with Crippen LogP contribution in [0.25, 0.3) is 0 Å². The fourth-order valence-electron chi connectivity index (χ4n) is 4.27. The molecular weight excluding hydrogens is 288 g/mol. The number of rotatable bonds is 2. The highest BCUT2D eigenvalue weighted by molar-refractivity contribution is 5.75. The van der Waals surface area contributed by atoms with Gasteiger partial charge in [-0.15, -0.1) is 0 Å². The fraction of sp³-hybridized carbons (Fsp3) is 0.526. The molecule has 2 fully saturated rings. The molecule has 4 heteroatoms. The molecule has 0 radical (unpaired) electrons. The number of amides is 1. The third kappa shape index (κ3) is 2.45. The zero-order chi connectivity index (χ0) is 15.9. The second-order valence-corrected chi connectivity index (χ2v) is 6.94. The first-order chi connectivity index (χ1) is 11.2. The van der Waals surface area contributed by atoms with Gasteiger partial charge >= 0.3 is 6.09 Å². The molecule has 1 saturated heterocycles. The van der Waals surface area contributed by atoms with Crippen LogP contribution in [0.5, 0.6) is 0 Å². The lowest BCUT2D eigenvalue weighted by molar-refractivity contribution is 0.0401. The predicted octanol–water partition coefficient (Wildman–Crippen LogP) is 3.54. The molecule has 1 unspecified atom stereocenters. The van der Waals surface area contributed by atoms with E-state index in [1.165, 1.54) is 17.5 Å². The van der Waals surface area contributed by atoms with Gasteiger partial charge in [-0.2, -0.15) is 0 Å². The number of carbonyl (C=O) groups excluding carboxylic acids is 1. The van der Waals surface area contributed by atoms with Crippen molar-refractivity contribution in [2.45, 2.75) is 50.2 Å². The van der Waals surface area contributed by atoms with Crippen LogP contribution >= 0.6 is 0 Å². The number of hydrogen-bond donors (Lipinski definition) is 1. The molecule has 1 aliphatic carbocycles.